The summed E-state index contributed by atoms with van der Waals surface area (Å²) in [5.41, 5.74) is 4.98. The lowest BCUT2D eigenvalue weighted by Crippen LogP contribution is -2.48. The fourth-order valence-corrected chi connectivity index (χ4v) is 5.46. The first-order valence-electron chi connectivity index (χ1n) is 17.6. The first kappa shape index (κ1) is 37.8. The standard InChI is InChI=1S/C41H50N4O5/c1-5-6-7-8-9-10-25-50-35-21-17-30(18-22-35)33-27-43-38(44-28-33)31-13-11-29(12-14-31)26-36(40(49)42-24-23-37(46)47)45-39(48)32-15-19-34(20-16-32)41(2,3)4/h11-22,27-28,36H,5-10,23-26H2,1-4H3,(H,42,49)(H,45,48)(H,46,47). The van der Waals surface area contributed by atoms with Crippen molar-refractivity contribution < 1.29 is 24.2 Å². The van der Waals surface area contributed by atoms with Crippen molar-refractivity contribution in [3.8, 4) is 28.3 Å². The predicted octanol–water partition coefficient (Wildman–Crippen LogP) is 7.78. The largest absolute Gasteiger partial charge is 0.494 e. The summed E-state index contributed by atoms with van der Waals surface area (Å²) in [6, 6.07) is 21.9. The van der Waals surface area contributed by atoms with Gasteiger partial charge in [0, 0.05) is 42.0 Å². The third-order valence-corrected chi connectivity index (χ3v) is 8.53. The van der Waals surface area contributed by atoms with Gasteiger partial charge in [-0.1, -0.05) is 108 Å². The van der Waals surface area contributed by atoms with Crippen LogP contribution in [-0.4, -0.2) is 52.1 Å². The number of carbonyl (C=O) groups excluding carboxylic acids is 2. The number of aliphatic carboxylic acids is 1. The summed E-state index contributed by atoms with van der Waals surface area (Å²) >= 11 is 0. The van der Waals surface area contributed by atoms with Gasteiger partial charge in [0.2, 0.25) is 5.91 Å². The van der Waals surface area contributed by atoms with E-state index in [1.165, 1.54) is 32.1 Å². The van der Waals surface area contributed by atoms with Crippen LogP contribution in [-0.2, 0) is 21.4 Å². The zero-order valence-electron chi connectivity index (χ0n) is 29.7. The summed E-state index contributed by atoms with van der Waals surface area (Å²) in [5, 5.41) is 14.5. The van der Waals surface area contributed by atoms with E-state index in [2.05, 4.69) is 48.3 Å². The second-order valence-corrected chi connectivity index (χ2v) is 13.6. The molecule has 1 unspecified atom stereocenters. The lowest BCUT2D eigenvalue weighted by molar-refractivity contribution is -0.137. The first-order chi connectivity index (χ1) is 24.0. The van der Waals surface area contributed by atoms with E-state index in [9.17, 15) is 14.4 Å². The lowest BCUT2D eigenvalue weighted by atomic mass is 9.86. The molecule has 9 heteroatoms. The Morgan fingerprint density at radius 3 is 2.02 bits per heavy atom. The highest BCUT2D eigenvalue weighted by Gasteiger charge is 2.23. The number of nitrogens with zero attached hydrogens (tertiary/aromatic N) is 2. The molecule has 0 spiro atoms. The van der Waals surface area contributed by atoms with E-state index in [0.29, 0.717) is 11.4 Å². The summed E-state index contributed by atoms with van der Waals surface area (Å²) in [6.07, 6.45) is 11.0. The quantitative estimate of drug-likeness (QED) is 0.0917. The van der Waals surface area contributed by atoms with Crippen molar-refractivity contribution in [1.82, 2.24) is 20.6 Å². The predicted molar refractivity (Wildman–Crippen MR) is 197 cm³/mol. The monoisotopic (exact) mass is 678 g/mol. The second kappa shape index (κ2) is 18.6. The molecule has 9 nitrogen and oxygen atoms in total. The number of unbranched alkanes of at least 4 members (excludes halogenated alkanes) is 5. The number of nitrogens with one attached hydrogen (secondary N) is 2. The third-order valence-electron chi connectivity index (χ3n) is 8.53. The number of rotatable bonds is 18. The zero-order valence-corrected chi connectivity index (χ0v) is 29.7. The van der Waals surface area contributed by atoms with E-state index in [0.717, 1.165) is 46.6 Å². The van der Waals surface area contributed by atoms with Gasteiger partial charge in [0.25, 0.3) is 5.91 Å². The van der Waals surface area contributed by atoms with Crippen molar-refractivity contribution in [3.05, 3.63) is 102 Å². The third kappa shape index (κ3) is 11.8. The molecule has 0 saturated heterocycles. The molecular weight excluding hydrogens is 628 g/mol. The SMILES string of the molecule is CCCCCCCCOc1ccc(-c2cnc(-c3ccc(CC(NC(=O)c4ccc(C(C)(C)C)cc4)C(=O)NCCC(=O)O)cc3)nc2)cc1. The van der Waals surface area contributed by atoms with Crippen LogP contribution in [0.3, 0.4) is 0 Å². The molecule has 0 aliphatic carbocycles. The number of benzene rings is 3. The van der Waals surface area contributed by atoms with E-state index in [4.69, 9.17) is 9.84 Å². The average molecular weight is 679 g/mol. The normalized spacial score (nSPS) is 11.8. The Morgan fingerprint density at radius 1 is 0.780 bits per heavy atom. The number of ether oxygens (including phenoxy) is 1. The summed E-state index contributed by atoms with van der Waals surface area (Å²) in [7, 11) is 0. The minimum atomic E-state index is -1.02. The van der Waals surface area contributed by atoms with E-state index in [-0.39, 0.29) is 30.7 Å². The lowest BCUT2D eigenvalue weighted by Gasteiger charge is -2.20. The van der Waals surface area contributed by atoms with Crippen LogP contribution < -0.4 is 15.4 Å². The highest BCUT2D eigenvalue weighted by Crippen LogP contribution is 2.24. The minimum absolute atomic E-state index is 0.0374. The van der Waals surface area contributed by atoms with Crippen molar-refractivity contribution >= 4 is 17.8 Å². The van der Waals surface area contributed by atoms with E-state index >= 15 is 0 Å². The maximum Gasteiger partial charge on any atom is 0.305 e. The van der Waals surface area contributed by atoms with Gasteiger partial charge in [0.05, 0.1) is 13.0 Å². The maximum atomic E-state index is 13.2. The number of aromatic nitrogens is 2. The molecule has 4 rings (SSSR count). The smallest absolute Gasteiger partial charge is 0.305 e. The van der Waals surface area contributed by atoms with Crippen LogP contribution in [0.15, 0.2) is 85.2 Å². The first-order valence-corrected chi connectivity index (χ1v) is 17.6. The maximum absolute atomic E-state index is 13.2. The van der Waals surface area contributed by atoms with Crippen LogP contribution in [0.4, 0.5) is 0 Å². The molecular formula is C41H50N4O5. The van der Waals surface area contributed by atoms with Gasteiger partial charge in [0.15, 0.2) is 5.82 Å². The van der Waals surface area contributed by atoms with E-state index in [1.807, 2.05) is 60.7 Å². The minimum Gasteiger partial charge on any atom is -0.494 e. The molecule has 3 aromatic carbocycles. The van der Waals surface area contributed by atoms with E-state index in [1.54, 1.807) is 24.5 Å². The molecule has 0 aliphatic heterocycles. The Bertz CT molecular complexity index is 1660. The Balaban J connectivity index is 1.36. The molecule has 50 heavy (non-hydrogen) atoms. The van der Waals surface area contributed by atoms with Gasteiger partial charge in [-0.2, -0.15) is 0 Å². The van der Waals surface area contributed by atoms with Crippen molar-refractivity contribution in [3.63, 3.8) is 0 Å². The topological polar surface area (TPSA) is 131 Å². The van der Waals surface area contributed by atoms with Crippen molar-refractivity contribution in [2.24, 2.45) is 0 Å². The molecule has 0 fully saturated rings. The van der Waals surface area contributed by atoms with Crippen LogP contribution in [0.5, 0.6) is 5.75 Å². The van der Waals surface area contributed by atoms with Crippen LogP contribution in [0, 0.1) is 0 Å². The van der Waals surface area contributed by atoms with Gasteiger partial charge in [-0.25, -0.2) is 9.97 Å². The van der Waals surface area contributed by atoms with Crippen LogP contribution in [0.1, 0.15) is 94.1 Å². The molecule has 0 radical (unpaired) electrons. The molecule has 0 saturated carbocycles. The second-order valence-electron chi connectivity index (χ2n) is 13.6. The van der Waals surface area contributed by atoms with Gasteiger partial charge in [-0.15, -0.1) is 0 Å². The van der Waals surface area contributed by atoms with Gasteiger partial charge in [0.1, 0.15) is 11.8 Å². The summed E-state index contributed by atoms with van der Waals surface area (Å²) < 4.78 is 5.91. The Labute approximate surface area is 295 Å². The number of hydrogen-bond donors (Lipinski definition) is 3. The zero-order chi connectivity index (χ0) is 35.9. The fourth-order valence-electron chi connectivity index (χ4n) is 5.46. The molecule has 3 N–H and O–H groups in total. The van der Waals surface area contributed by atoms with Crippen LogP contribution >= 0.6 is 0 Å². The molecule has 1 heterocycles. The highest BCUT2D eigenvalue weighted by molar-refractivity contribution is 5.97. The highest BCUT2D eigenvalue weighted by atomic mass is 16.5. The van der Waals surface area contributed by atoms with Gasteiger partial charge in [-0.05, 0) is 52.8 Å². The average Bonchev–Trinajstić information content (AvgIpc) is 3.11. The Kier molecular flexibility index (Phi) is 14.1. The van der Waals surface area contributed by atoms with Gasteiger partial charge >= 0.3 is 5.97 Å². The van der Waals surface area contributed by atoms with Crippen molar-refractivity contribution in [2.45, 2.75) is 90.5 Å². The molecule has 1 atom stereocenters. The Morgan fingerprint density at radius 2 is 1.40 bits per heavy atom. The molecule has 2 amide bonds. The van der Waals surface area contributed by atoms with Crippen molar-refractivity contribution in [1.29, 1.82) is 0 Å². The molecule has 4 aromatic rings. The summed E-state index contributed by atoms with van der Waals surface area (Å²) in [5.74, 6) is -0.434. The van der Waals surface area contributed by atoms with Crippen LogP contribution in [0.25, 0.3) is 22.5 Å². The number of carboxylic acid groups (broad SMARTS) is 1. The van der Waals surface area contributed by atoms with E-state index < -0.39 is 17.9 Å². The summed E-state index contributed by atoms with van der Waals surface area (Å²) in [4.78, 5) is 46.4. The van der Waals surface area contributed by atoms with Crippen molar-refractivity contribution in [2.75, 3.05) is 13.2 Å². The molecule has 0 aliphatic rings. The van der Waals surface area contributed by atoms with Gasteiger partial charge < -0.3 is 20.5 Å². The number of amides is 2. The number of carbonyl (C=O) groups is 3. The molecule has 0 bridgehead atoms. The Hall–Kier alpha value is -5.05. The van der Waals surface area contributed by atoms with Crippen LogP contribution in [0.2, 0.25) is 0 Å². The molecule has 1 aromatic heterocycles. The number of carboxylic acids is 1. The summed E-state index contributed by atoms with van der Waals surface area (Å²) in [6.45, 7) is 9.21. The fraction of sp³-hybridized carbons (Fsp3) is 0.390. The van der Waals surface area contributed by atoms with Gasteiger partial charge in [-0.3, -0.25) is 14.4 Å². The number of hydrogen-bond acceptors (Lipinski definition) is 6. The molecule has 264 valence electrons.